The van der Waals surface area contributed by atoms with Crippen molar-refractivity contribution in [3.8, 4) is 22.9 Å². The maximum Gasteiger partial charge on any atom is 0.405 e. The van der Waals surface area contributed by atoms with E-state index in [1.54, 1.807) is 31.5 Å². The van der Waals surface area contributed by atoms with Gasteiger partial charge in [-0.25, -0.2) is 14.8 Å². The predicted molar refractivity (Wildman–Crippen MR) is 181 cm³/mol. The Hall–Kier alpha value is -5.34. The molecule has 1 fully saturated rings. The first kappa shape index (κ1) is 32.1. The number of rotatable bonds is 11. The number of anilines is 5. The average molecular weight is 621 g/mol. The summed E-state index contributed by atoms with van der Waals surface area (Å²) in [5, 5.41) is 16.3. The van der Waals surface area contributed by atoms with Gasteiger partial charge in [-0.1, -0.05) is 25.1 Å². The molecule has 0 radical (unpaired) electrons. The Morgan fingerprint density at radius 1 is 1.00 bits per heavy atom. The van der Waals surface area contributed by atoms with Crippen LogP contribution in [0.5, 0.6) is 5.75 Å². The molecule has 4 N–H and O–H groups in total. The molecule has 4 aromatic rings. The van der Waals surface area contributed by atoms with Gasteiger partial charge in [0.15, 0.2) is 11.6 Å². The van der Waals surface area contributed by atoms with E-state index < -0.39 is 11.7 Å². The molecule has 11 nitrogen and oxygen atoms in total. The van der Waals surface area contributed by atoms with Gasteiger partial charge in [0.2, 0.25) is 0 Å². The number of benzene rings is 2. The maximum atomic E-state index is 11.7. The highest BCUT2D eigenvalue weighted by atomic mass is 16.6. The molecule has 3 heterocycles. The highest BCUT2D eigenvalue weighted by Gasteiger charge is 2.25. The van der Waals surface area contributed by atoms with Gasteiger partial charge in [0.05, 0.1) is 18.4 Å². The number of nitrogens with zero attached hydrogens (tertiary/aromatic N) is 5. The van der Waals surface area contributed by atoms with Gasteiger partial charge in [0.1, 0.15) is 17.5 Å². The third-order valence-electron chi connectivity index (χ3n) is 8.01. The third-order valence-corrected chi connectivity index (χ3v) is 8.01. The van der Waals surface area contributed by atoms with E-state index in [2.05, 4.69) is 73.7 Å². The Labute approximate surface area is 270 Å². The molecule has 0 spiro atoms. The number of hydrogen-bond donors (Lipinski definition) is 3. The number of hydrogen-bond acceptors (Lipinski definition) is 10. The van der Waals surface area contributed by atoms with Gasteiger partial charge in [0.25, 0.3) is 0 Å². The fraction of sp³-hybridized carbons (Fsp3) is 0.314. The van der Waals surface area contributed by atoms with Gasteiger partial charge >= 0.3 is 6.09 Å². The van der Waals surface area contributed by atoms with Gasteiger partial charge < -0.3 is 35.6 Å². The number of pyridine rings is 2. The molecule has 1 aliphatic heterocycles. The van der Waals surface area contributed by atoms with E-state index in [1.807, 2.05) is 26.0 Å². The summed E-state index contributed by atoms with van der Waals surface area (Å²) in [6.45, 7) is 11.1. The van der Waals surface area contributed by atoms with Crippen LogP contribution in [-0.4, -0.2) is 66.4 Å². The van der Waals surface area contributed by atoms with Crippen LogP contribution in [0.4, 0.5) is 33.5 Å². The van der Waals surface area contributed by atoms with Gasteiger partial charge in [-0.2, -0.15) is 5.26 Å². The molecule has 0 bridgehead atoms. The normalized spacial score (nSPS) is 13.5. The van der Waals surface area contributed by atoms with Crippen molar-refractivity contribution >= 4 is 34.8 Å². The number of piperazine rings is 1. The number of amides is 1. The Kier molecular flexibility index (Phi) is 9.88. The van der Waals surface area contributed by atoms with Gasteiger partial charge in [0, 0.05) is 62.4 Å². The van der Waals surface area contributed by atoms with Crippen LogP contribution >= 0.6 is 0 Å². The molecule has 238 valence electrons. The van der Waals surface area contributed by atoms with Crippen LogP contribution in [0, 0.1) is 11.3 Å². The van der Waals surface area contributed by atoms with E-state index in [9.17, 15) is 10.1 Å². The SMILES string of the molecule is CCN1CCN(c2ccc(-c3ccc(Nc4cc(Nc5ncccc5OC)c(C#N)cn4)c(CC(C)(C)OC(N)=O)c3)cc2)CC1. The molecule has 1 amide bonds. The molecule has 0 atom stereocenters. The topological polar surface area (TPSA) is 142 Å². The fourth-order valence-electron chi connectivity index (χ4n) is 5.63. The standard InChI is InChI=1S/C35H40N8O3/c1-5-42-15-17-43(18-16-42)28-11-8-24(9-12-28)25-10-13-29(26(19-25)21-35(2,3)46-34(37)44)40-32-20-30(27(22-36)23-39-32)41-33-31(45-4)7-6-14-38-33/h6-14,19-20,23H,5,15-18,21H2,1-4H3,(H2,37,44)(H2,38,39,40,41). The van der Waals surface area contributed by atoms with Crippen molar-refractivity contribution in [2.45, 2.75) is 32.8 Å². The van der Waals surface area contributed by atoms with Crippen molar-refractivity contribution in [2.24, 2.45) is 5.73 Å². The van der Waals surface area contributed by atoms with E-state index in [4.69, 9.17) is 15.2 Å². The summed E-state index contributed by atoms with van der Waals surface area (Å²) in [7, 11) is 1.56. The summed E-state index contributed by atoms with van der Waals surface area (Å²) >= 11 is 0. The molecule has 1 saturated heterocycles. The van der Waals surface area contributed by atoms with Crippen molar-refractivity contribution in [3.05, 3.63) is 84.2 Å². The molecule has 2 aromatic carbocycles. The van der Waals surface area contributed by atoms with Gasteiger partial charge in [-0.3, -0.25) is 0 Å². The van der Waals surface area contributed by atoms with E-state index >= 15 is 0 Å². The lowest BCUT2D eigenvalue weighted by Crippen LogP contribution is -2.46. The number of nitrogens with two attached hydrogens (primary N) is 1. The first-order chi connectivity index (χ1) is 22.2. The monoisotopic (exact) mass is 620 g/mol. The number of aromatic nitrogens is 2. The van der Waals surface area contributed by atoms with Gasteiger partial charge in [-0.05, 0) is 73.5 Å². The second-order valence-corrected chi connectivity index (χ2v) is 11.7. The van der Waals surface area contributed by atoms with Crippen molar-refractivity contribution in [1.29, 1.82) is 5.26 Å². The van der Waals surface area contributed by atoms with Crippen molar-refractivity contribution in [3.63, 3.8) is 0 Å². The summed E-state index contributed by atoms with van der Waals surface area (Å²) in [5.41, 5.74) is 10.4. The third kappa shape index (κ3) is 7.83. The Morgan fingerprint density at radius 2 is 1.74 bits per heavy atom. The molecule has 1 aliphatic rings. The van der Waals surface area contributed by atoms with Crippen LogP contribution in [0.2, 0.25) is 0 Å². The molecule has 11 heteroatoms. The number of nitriles is 1. The van der Waals surface area contributed by atoms with Crippen LogP contribution in [0.15, 0.2) is 73.1 Å². The number of nitrogens with one attached hydrogen (secondary N) is 2. The fourth-order valence-corrected chi connectivity index (χ4v) is 5.63. The number of likely N-dealkylation sites (N-methyl/N-ethyl adjacent to an activating group) is 1. The minimum atomic E-state index is -0.869. The largest absolute Gasteiger partial charge is 0.493 e. The molecular weight excluding hydrogens is 580 g/mol. The highest BCUT2D eigenvalue weighted by molar-refractivity contribution is 5.75. The Balaban J connectivity index is 1.43. The first-order valence-corrected chi connectivity index (χ1v) is 15.3. The molecule has 5 rings (SSSR count). The van der Waals surface area contributed by atoms with Crippen molar-refractivity contribution in [2.75, 3.05) is 55.4 Å². The zero-order valence-electron chi connectivity index (χ0n) is 26.7. The minimum absolute atomic E-state index is 0.348. The lowest BCUT2D eigenvalue weighted by Gasteiger charge is -2.35. The Morgan fingerprint density at radius 3 is 2.41 bits per heavy atom. The molecule has 0 aliphatic carbocycles. The molecular formula is C35H40N8O3. The van der Waals surface area contributed by atoms with E-state index in [-0.39, 0.29) is 0 Å². The van der Waals surface area contributed by atoms with Gasteiger partial charge in [-0.15, -0.1) is 0 Å². The summed E-state index contributed by atoms with van der Waals surface area (Å²) < 4.78 is 10.9. The summed E-state index contributed by atoms with van der Waals surface area (Å²) in [4.78, 5) is 25.4. The molecule has 46 heavy (non-hydrogen) atoms. The number of carbonyl (C=O) groups excluding carboxylic acids is 1. The summed E-state index contributed by atoms with van der Waals surface area (Å²) in [6, 6.07) is 22.2. The van der Waals surface area contributed by atoms with Crippen molar-refractivity contribution < 1.29 is 14.3 Å². The quantitative estimate of drug-likeness (QED) is 0.181. The lowest BCUT2D eigenvalue weighted by atomic mass is 9.93. The number of primary amides is 1. The zero-order chi connectivity index (χ0) is 32.7. The average Bonchev–Trinajstić information content (AvgIpc) is 3.05. The number of carbonyl (C=O) groups is 1. The van der Waals surface area contributed by atoms with Crippen molar-refractivity contribution in [1.82, 2.24) is 14.9 Å². The molecule has 0 saturated carbocycles. The maximum absolute atomic E-state index is 11.7. The van der Waals surface area contributed by atoms with Crippen LogP contribution in [0.25, 0.3) is 11.1 Å². The minimum Gasteiger partial charge on any atom is -0.493 e. The second kappa shape index (κ2) is 14.2. The van der Waals surface area contributed by atoms with Crippen LogP contribution in [-0.2, 0) is 11.2 Å². The van der Waals surface area contributed by atoms with E-state index in [0.717, 1.165) is 55.1 Å². The summed E-state index contributed by atoms with van der Waals surface area (Å²) in [6.07, 6.45) is 2.69. The molecule has 0 unspecified atom stereocenters. The van der Waals surface area contributed by atoms with E-state index in [0.29, 0.717) is 35.1 Å². The van der Waals surface area contributed by atoms with E-state index in [1.165, 1.54) is 11.9 Å². The Bertz CT molecular complexity index is 1710. The first-order valence-electron chi connectivity index (χ1n) is 15.3. The molecule has 2 aromatic heterocycles. The number of methoxy groups -OCH3 is 1. The zero-order valence-corrected chi connectivity index (χ0v) is 26.7. The smallest absolute Gasteiger partial charge is 0.405 e. The number of ether oxygens (including phenoxy) is 2. The highest BCUT2D eigenvalue weighted by Crippen LogP contribution is 2.33. The van der Waals surface area contributed by atoms with Crippen LogP contribution in [0.3, 0.4) is 0 Å². The van der Waals surface area contributed by atoms with Crippen LogP contribution in [0.1, 0.15) is 31.9 Å². The predicted octanol–water partition coefficient (Wildman–Crippen LogP) is 6.07. The second-order valence-electron chi connectivity index (χ2n) is 11.7. The lowest BCUT2D eigenvalue weighted by molar-refractivity contribution is 0.0461. The van der Waals surface area contributed by atoms with Crippen LogP contribution < -0.4 is 26.0 Å². The summed E-state index contributed by atoms with van der Waals surface area (Å²) in [5.74, 6) is 1.52.